The van der Waals surface area contributed by atoms with E-state index in [1.165, 1.54) is 0 Å². The molecule has 1 N–H and O–H groups in total. The lowest BCUT2D eigenvalue weighted by atomic mass is 10.1. The van der Waals surface area contributed by atoms with Gasteiger partial charge in [0.2, 0.25) is 0 Å². The molecule has 0 aliphatic carbocycles. The van der Waals surface area contributed by atoms with Crippen molar-refractivity contribution in [3.8, 4) is 11.8 Å². The first-order chi connectivity index (χ1) is 9.78. The van der Waals surface area contributed by atoms with Crippen molar-refractivity contribution in [2.75, 3.05) is 13.7 Å². The van der Waals surface area contributed by atoms with E-state index >= 15 is 0 Å². The van der Waals surface area contributed by atoms with Crippen LogP contribution in [0.25, 0.3) is 0 Å². The van der Waals surface area contributed by atoms with Crippen LogP contribution in [0, 0.1) is 11.3 Å². The van der Waals surface area contributed by atoms with Crippen LogP contribution in [0.3, 0.4) is 0 Å². The summed E-state index contributed by atoms with van der Waals surface area (Å²) in [5.41, 5.74) is 2.15. The van der Waals surface area contributed by atoms with Crippen molar-refractivity contribution in [1.29, 1.82) is 5.26 Å². The molecule has 6 heteroatoms. The second-order valence-electron chi connectivity index (χ2n) is 4.32. The van der Waals surface area contributed by atoms with Crippen molar-refractivity contribution in [1.82, 2.24) is 15.0 Å². The number of nitrogens with zero attached hydrogens (tertiary/aromatic N) is 4. The molecule has 0 amide bonds. The zero-order chi connectivity index (χ0) is 14.4. The number of aryl methyl sites for hydroxylation is 1. The topological polar surface area (TPSA) is 84.0 Å². The maximum atomic E-state index is 9.08. The van der Waals surface area contributed by atoms with Crippen LogP contribution >= 0.6 is 0 Å². The molecule has 1 aromatic carbocycles. The third-order valence-electron chi connectivity index (χ3n) is 3.00. The van der Waals surface area contributed by atoms with Gasteiger partial charge < -0.3 is 9.84 Å². The number of benzene rings is 1. The number of rotatable bonds is 6. The minimum Gasteiger partial charge on any atom is -0.497 e. The SMILES string of the molecule is COc1ccc(Cc2c(C#N)nnn2CCCO)cc1. The molecule has 0 fully saturated rings. The van der Waals surface area contributed by atoms with Crippen LogP contribution in [0.4, 0.5) is 0 Å². The molecule has 0 saturated heterocycles. The normalized spacial score (nSPS) is 10.2. The Bertz CT molecular complexity index is 599. The first kappa shape index (κ1) is 14.0. The van der Waals surface area contributed by atoms with Gasteiger partial charge in [-0.25, -0.2) is 4.68 Å². The van der Waals surface area contributed by atoms with Gasteiger partial charge in [0.15, 0.2) is 5.69 Å². The predicted molar refractivity (Wildman–Crippen MR) is 72.2 cm³/mol. The van der Waals surface area contributed by atoms with E-state index in [-0.39, 0.29) is 6.61 Å². The average Bonchev–Trinajstić information content (AvgIpc) is 2.88. The summed E-state index contributed by atoms with van der Waals surface area (Å²) in [4.78, 5) is 0. The Kier molecular flexibility index (Phi) is 4.69. The van der Waals surface area contributed by atoms with Gasteiger partial charge in [-0.1, -0.05) is 17.3 Å². The number of ether oxygens (including phenoxy) is 1. The van der Waals surface area contributed by atoms with E-state index < -0.39 is 0 Å². The average molecular weight is 272 g/mol. The molecule has 0 aliphatic rings. The number of nitriles is 1. The highest BCUT2D eigenvalue weighted by Gasteiger charge is 2.13. The van der Waals surface area contributed by atoms with Crippen molar-refractivity contribution in [2.24, 2.45) is 0 Å². The smallest absolute Gasteiger partial charge is 0.186 e. The van der Waals surface area contributed by atoms with E-state index in [1.54, 1.807) is 11.8 Å². The number of hydrogen-bond donors (Lipinski definition) is 1. The van der Waals surface area contributed by atoms with Crippen molar-refractivity contribution >= 4 is 0 Å². The molecule has 1 aromatic heterocycles. The number of aliphatic hydroxyl groups is 1. The van der Waals surface area contributed by atoms with Crippen LogP contribution in [0.5, 0.6) is 5.75 Å². The predicted octanol–water partition coefficient (Wildman–Crippen LogP) is 1.13. The Labute approximate surface area is 117 Å². The van der Waals surface area contributed by atoms with E-state index in [2.05, 4.69) is 16.4 Å². The quantitative estimate of drug-likeness (QED) is 0.852. The van der Waals surface area contributed by atoms with Gasteiger partial charge in [0.05, 0.1) is 12.8 Å². The fourth-order valence-electron chi connectivity index (χ4n) is 1.93. The highest BCUT2D eigenvalue weighted by atomic mass is 16.5. The summed E-state index contributed by atoms with van der Waals surface area (Å²) in [5, 5.41) is 25.8. The maximum Gasteiger partial charge on any atom is 0.186 e. The second-order valence-corrected chi connectivity index (χ2v) is 4.32. The van der Waals surface area contributed by atoms with E-state index in [9.17, 15) is 0 Å². The molecule has 0 bridgehead atoms. The molecular weight excluding hydrogens is 256 g/mol. The lowest BCUT2D eigenvalue weighted by Crippen LogP contribution is -2.08. The van der Waals surface area contributed by atoms with E-state index in [4.69, 9.17) is 15.1 Å². The van der Waals surface area contributed by atoms with Gasteiger partial charge in [0.1, 0.15) is 11.8 Å². The third-order valence-corrected chi connectivity index (χ3v) is 3.00. The summed E-state index contributed by atoms with van der Waals surface area (Å²) in [6.45, 7) is 0.639. The largest absolute Gasteiger partial charge is 0.497 e. The summed E-state index contributed by atoms with van der Waals surface area (Å²) >= 11 is 0. The van der Waals surface area contributed by atoms with Gasteiger partial charge in [-0.2, -0.15) is 5.26 Å². The Morgan fingerprint density at radius 2 is 2.10 bits per heavy atom. The summed E-state index contributed by atoms with van der Waals surface area (Å²) in [6, 6.07) is 9.71. The fraction of sp³-hybridized carbons (Fsp3) is 0.357. The van der Waals surface area contributed by atoms with Crippen molar-refractivity contribution in [3.63, 3.8) is 0 Å². The number of aromatic nitrogens is 3. The van der Waals surface area contributed by atoms with E-state index in [1.807, 2.05) is 24.3 Å². The van der Waals surface area contributed by atoms with Gasteiger partial charge in [0.25, 0.3) is 0 Å². The fourth-order valence-corrected chi connectivity index (χ4v) is 1.93. The summed E-state index contributed by atoms with van der Waals surface area (Å²) in [6.07, 6.45) is 1.16. The molecule has 0 radical (unpaired) electrons. The monoisotopic (exact) mass is 272 g/mol. The molecular formula is C14H16N4O2. The standard InChI is InChI=1S/C14H16N4O2/c1-20-12-5-3-11(4-6-12)9-14-13(10-15)16-17-18(14)7-2-8-19/h3-6,19H,2,7-9H2,1H3. The second kappa shape index (κ2) is 6.68. The molecule has 0 spiro atoms. The molecule has 1 heterocycles. The van der Waals surface area contributed by atoms with Crippen LogP contribution < -0.4 is 4.74 Å². The van der Waals surface area contributed by atoms with Gasteiger partial charge >= 0.3 is 0 Å². The zero-order valence-corrected chi connectivity index (χ0v) is 11.3. The maximum absolute atomic E-state index is 9.08. The minimum atomic E-state index is 0.0870. The minimum absolute atomic E-state index is 0.0870. The molecule has 2 aromatic rings. The van der Waals surface area contributed by atoms with Gasteiger partial charge in [-0.15, -0.1) is 5.10 Å². The lowest BCUT2D eigenvalue weighted by Gasteiger charge is -2.06. The summed E-state index contributed by atoms with van der Waals surface area (Å²) < 4.78 is 6.80. The molecule has 2 rings (SSSR count). The Hall–Kier alpha value is -2.39. The molecule has 6 nitrogen and oxygen atoms in total. The van der Waals surface area contributed by atoms with Crippen molar-refractivity contribution in [3.05, 3.63) is 41.2 Å². The summed E-state index contributed by atoms with van der Waals surface area (Å²) in [5.74, 6) is 0.793. The molecule has 20 heavy (non-hydrogen) atoms. The van der Waals surface area contributed by atoms with Crippen molar-refractivity contribution in [2.45, 2.75) is 19.4 Å². The molecule has 0 atom stereocenters. The molecule has 0 unspecified atom stereocenters. The van der Waals surface area contributed by atoms with Gasteiger partial charge in [0, 0.05) is 19.6 Å². The number of aliphatic hydroxyl groups excluding tert-OH is 1. The van der Waals surface area contributed by atoms with Crippen LogP contribution in [0.1, 0.15) is 23.4 Å². The van der Waals surface area contributed by atoms with Crippen LogP contribution in [-0.4, -0.2) is 33.8 Å². The molecule has 104 valence electrons. The Morgan fingerprint density at radius 1 is 1.35 bits per heavy atom. The number of methoxy groups -OCH3 is 1. The lowest BCUT2D eigenvalue weighted by molar-refractivity contribution is 0.275. The van der Waals surface area contributed by atoms with Crippen molar-refractivity contribution < 1.29 is 9.84 Å². The highest BCUT2D eigenvalue weighted by Crippen LogP contribution is 2.16. The van der Waals surface area contributed by atoms with Gasteiger partial charge in [-0.3, -0.25) is 0 Å². The first-order valence-electron chi connectivity index (χ1n) is 6.34. The zero-order valence-electron chi connectivity index (χ0n) is 11.3. The number of hydrogen-bond acceptors (Lipinski definition) is 5. The molecule has 0 aliphatic heterocycles. The van der Waals surface area contributed by atoms with Crippen LogP contribution in [0.15, 0.2) is 24.3 Å². The van der Waals surface area contributed by atoms with E-state index in [0.29, 0.717) is 25.1 Å². The van der Waals surface area contributed by atoms with Crippen LogP contribution in [0.2, 0.25) is 0 Å². The highest BCUT2D eigenvalue weighted by molar-refractivity contribution is 5.33. The summed E-state index contributed by atoms with van der Waals surface area (Å²) in [7, 11) is 1.62. The van der Waals surface area contributed by atoms with E-state index in [0.717, 1.165) is 17.0 Å². The Balaban J connectivity index is 2.22. The van der Waals surface area contributed by atoms with Gasteiger partial charge in [-0.05, 0) is 24.1 Å². The van der Waals surface area contributed by atoms with Crippen LogP contribution in [-0.2, 0) is 13.0 Å². The Morgan fingerprint density at radius 3 is 2.70 bits per heavy atom. The molecule has 0 saturated carbocycles. The third kappa shape index (κ3) is 3.13. The first-order valence-corrected chi connectivity index (χ1v) is 6.34.